The van der Waals surface area contributed by atoms with E-state index in [4.69, 9.17) is 5.14 Å². The Bertz CT molecular complexity index is 619. The van der Waals surface area contributed by atoms with E-state index in [1.54, 1.807) is 4.90 Å². The van der Waals surface area contributed by atoms with E-state index in [2.05, 4.69) is 17.4 Å². The number of sulfonamides is 1. The molecule has 0 radical (unpaired) electrons. The lowest BCUT2D eigenvalue weighted by Gasteiger charge is -2.32. The maximum absolute atomic E-state index is 12.3. The number of hydrogen-bond donors (Lipinski definition) is 2. The van der Waals surface area contributed by atoms with Gasteiger partial charge in [-0.15, -0.1) is 0 Å². The van der Waals surface area contributed by atoms with Gasteiger partial charge in [-0.2, -0.15) is 0 Å². The summed E-state index contributed by atoms with van der Waals surface area (Å²) >= 11 is 0. The molecule has 3 N–H and O–H groups in total. The summed E-state index contributed by atoms with van der Waals surface area (Å²) in [7, 11) is -3.59. The Morgan fingerprint density at radius 2 is 2.09 bits per heavy atom. The first kappa shape index (κ1) is 17.7. The molecule has 1 heterocycles. The largest absolute Gasteiger partial charge is 0.336 e. The quantitative estimate of drug-likeness (QED) is 0.851. The molecule has 23 heavy (non-hydrogen) atoms. The Morgan fingerprint density at radius 3 is 2.74 bits per heavy atom. The molecule has 1 aliphatic rings. The van der Waals surface area contributed by atoms with Gasteiger partial charge in [0.2, 0.25) is 10.0 Å². The number of nitrogens with two attached hydrogens (primary N) is 1. The average molecular weight is 339 g/mol. The van der Waals surface area contributed by atoms with Gasteiger partial charge in [-0.1, -0.05) is 30.3 Å². The van der Waals surface area contributed by atoms with Crippen LogP contribution in [0.3, 0.4) is 0 Å². The number of benzene rings is 1. The van der Waals surface area contributed by atoms with Crippen LogP contribution in [0.15, 0.2) is 30.3 Å². The van der Waals surface area contributed by atoms with Crippen molar-refractivity contribution in [1.29, 1.82) is 0 Å². The normalized spacial score (nSPS) is 20.1. The molecule has 2 unspecified atom stereocenters. The molecule has 2 amide bonds. The van der Waals surface area contributed by atoms with Gasteiger partial charge in [-0.25, -0.2) is 18.4 Å². The van der Waals surface area contributed by atoms with E-state index in [0.717, 1.165) is 12.8 Å². The summed E-state index contributed by atoms with van der Waals surface area (Å²) in [4.78, 5) is 13.8. The van der Waals surface area contributed by atoms with Gasteiger partial charge in [-0.3, -0.25) is 0 Å². The van der Waals surface area contributed by atoms with Crippen molar-refractivity contribution in [2.24, 2.45) is 5.14 Å². The maximum Gasteiger partial charge on any atom is 0.317 e. The number of primary sulfonamides is 1. The van der Waals surface area contributed by atoms with Crippen molar-refractivity contribution in [3.63, 3.8) is 0 Å². The molecule has 1 fully saturated rings. The molecule has 1 aromatic rings. The van der Waals surface area contributed by atoms with Crippen molar-refractivity contribution in [2.75, 3.05) is 13.1 Å². The third kappa shape index (κ3) is 5.51. The highest BCUT2D eigenvalue weighted by Crippen LogP contribution is 2.15. The number of aryl methyl sites for hydroxylation is 1. The van der Waals surface area contributed by atoms with Gasteiger partial charge in [-0.05, 0) is 38.2 Å². The second kappa shape index (κ2) is 7.79. The molecule has 128 valence electrons. The van der Waals surface area contributed by atoms with Gasteiger partial charge >= 0.3 is 6.03 Å². The predicted molar refractivity (Wildman–Crippen MR) is 90.5 cm³/mol. The first-order chi connectivity index (χ1) is 10.9. The highest BCUT2D eigenvalue weighted by atomic mass is 32.2. The van der Waals surface area contributed by atoms with E-state index in [9.17, 15) is 13.2 Å². The first-order valence-electron chi connectivity index (χ1n) is 7.97. The zero-order chi connectivity index (χ0) is 16.9. The maximum atomic E-state index is 12.3. The molecule has 0 aliphatic carbocycles. The summed E-state index contributed by atoms with van der Waals surface area (Å²) in [5.74, 6) is 0. The van der Waals surface area contributed by atoms with Crippen molar-refractivity contribution >= 4 is 16.1 Å². The highest BCUT2D eigenvalue weighted by molar-refractivity contribution is 7.89. The smallest absolute Gasteiger partial charge is 0.317 e. The van der Waals surface area contributed by atoms with Crippen LogP contribution in [-0.2, 0) is 16.4 Å². The monoisotopic (exact) mass is 339 g/mol. The molecule has 0 saturated carbocycles. The lowest BCUT2D eigenvalue weighted by molar-refractivity contribution is 0.183. The van der Waals surface area contributed by atoms with Crippen molar-refractivity contribution in [3.05, 3.63) is 35.9 Å². The van der Waals surface area contributed by atoms with Gasteiger partial charge in [0.1, 0.15) is 0 Å². The van der Waals surface area contributed by atoms with E-state index < -0.39 is 15.3 Å². The van der Waals surface area contributed by atoms with Crippen LogP contribution in [-0.4, -0.2) is 43.7 Å². The zero-order valence-corrected chi connectivity index (χ0v) is 14.3. The minimum absolute atomic E-state index is 0.0255. The highest BCUT2D eigenvalue weighted by Gasteiger charge is 2.30. The Morgan fingerprint density at radius 1 is 1.39 bits per heavy atom. The van der Waals surface area contributed by atoms with Crippen LogP contribution in [0.4, 0.5) is 4.79 Å². The molecule has 2 rings (SSSR count). The van der Waals surface area contributed by atoms with E-state index in [-0.39, 0.29) is 18.6 Å². The van der Waals surface area contributed by atoms with Crippen LogP contribution < -0.4 is 10.5 Å². The van der Waals surface area contributed by atoms with Crippen molar-refractivity contribution in [3.8, 4) is 0 Å². The molecule has 2 atom stereocenters. The molecule has 0 aromatic heterocycles. The molecule has 6 nitrogen and oxygen atoms in total. The molecule has 7 heteroatoms. The standard InChI is InChI=1S/C16H25N3O3S/c1-13(9-10-14-6-3-2-4-7-14)18-16(20)19-11-5-8-15(12-19)23(17,21)22/h2-4,6-7,13,15H,5,8-12H2,1H3,(H,18,20)(H2,17,21,22). The number of carbonyl (C=O) groups is 1. The molecular formula is C16H25N3O3S. The topological polar surface area (TPSA) is 92.5 Å². The number of likely N-dealkylation sites (tertiary alicyclic amines) is 1. The van der Waals surface area contributed by atoms with Crippen molar-refractivity contribution < 1.29 is 13.2 Å². The van der Waals surface area contributed by atoms with Crippen LogP contribution in [0.25, 0.3) is 0 Å². The number of rotatable bonds is 5. The van der Waals surface area contributed by atoms with Crippen LogP contribution in [0, 0.1) is 0 Å². The van der Waals surface area contributed by atoms with Crippen molar-refractivity contribution in [1.82, 2.24) is 10.2 Å². The van der Waals surface area contributed by atoms with Gasteiger partial charge in [0.25, 0.3) is 0 Å². The van der Waals surface area contributed by atoms with Crippen LogP contribution in [0.2, 0.25) is 0 Å². The number of urea groups is 1. The molecule has 0 bridgehead atoms. The minimum Gasteiger partial charge on any atom is -0.336 e. The van der Waals surface area contributed by atoms with Crippen LogP contribution in [0.5, 0.6) is 0 Å². The first-order valence-corrected chi connectivity index (χ1v) is 9.58. The van der Waals surface area contributed by atoms with E-state index >= 15 is 0 Å². The zero-order valence-electron chi connectivity index (χ0n) is 13.4. The van der Waals surface area contributed by atoms with Gasteiger partial charge < -0.3 is 10.2 Å². The SMILES string of the molecule is CC(CCc1ccccc1)NC(=O)N1CCCC(S(N)(=O)=O)C1. The minimum atomic E-state index is -3.59. The fourth-order valence-electron chi connectivity index (χ4n) is 2.79. The van der Waals surface area contributed by atoms with E-state index in [0.29, 0.717) is 19.4 Å². The summed E-state index contributed by atoms with van der Waals surface area (Å²) in [6.07, 6.45) is 2.91. The Hall–Kier alpha value is -1.60. The number of carbonyl (C=O) groups excluding carboxylic acids is 1. The fraction of sp³-hybridized carbons (Fsp3) is 0.562. The van der Waals surface area contributed by atoms with E-state index in [1.807, 2.05) is 25.1 Å². The molecule has 1 aromatic carbocycles. The molecular weight excluding hydrogens is 314 g/mol. The number of hydrogen-bond acceptors (Lipinski definition) is 3. The van der Waals surface area contributed by atoms with Gasteiger partial charge in [0, 0.05) is 19.1 Å². The summed E-state index contributed by atoms with van der Waals surface area (Å²) in [5, 5.41) is 7.49. The summed E-state index contributed by atoms with van der Waals surface area (Å²) in [5.41, 5.74) is 1.24. The number of piperidine rings is 1. The Balaban J connectivity index is 1.81. The average Bonchev–Trinajstić information content (AvgIpc) is 2.53. The Kier molecular flexibility index (Phi) is 6.01. The van der Waals surface area contributed by atoms with Crippen LogP contribution >= 0.6 is 0 Å². The van der Waals surface area contributed by atoms with Gasteiger partial charge in [0.05, 0.1) is 5.25 Å². The van der Waals surface area contributed by atoms with E-state index in [1.165, 1.54) is 5.56 Å². The summed E-state index contributed by atoms with van der Waals surface area (Å²) in [6, 6.07) is 9.93. The molecule has 1 aliphatic heterocycles. The molecule has 0 spiro atoms. The number of nitrogens with zero attached hydrogens (tertiary/aromatic N) is 1. The summed E-state index contributed by atoms with van der Waals surface area (Å²) in [6.45, 7) is 2.71. The Labute approximate surface area is 138 Å². The number of amides is 2. The third-order valence-corrected chi connectivity index (χ3v) is 5.52. The predicted octanol–water partition coefficient (Wildman–Crippen LogP) is 1.47. The number of nitrogens with one attached hydrogen (secondary N) is 1. The molecule has 1 saturated heterocycles. The third-order valence-electron chi connectivity index (χ3n) is 4.21. The lowest BCUT2D eigenvalue weighted by Crippen LogP contribution is -2.51. The second-order valence-electron chi connectivity index (χ2n) is 6.17. The van der Waals surface area contributed by atoms with Crippen molar-refractivity contribution in [2.45, 2.75) is 43.9 Å². The fourth-order valence-corrected chi connectivity index (χ4v) is 3.68. The van der Waals surface area contributed by atoms with Gasteiger partial charge in [0.15, 0.2) is 0 Å². The lowest BCUT2D eigenvalue weighted by atomic mass is 10.1. The summed E-state index contributed by atoms with van der Waals surface area (Å²) < 4.78 is 22.9. The second-order valence-corrected chi connectivity index (χ2v) is 8.02. The van der Waals surface area contributed by atoms with Crippen LogP contribution in [0.1, 0.15) is 31.7 Å².